The second-order valence-corrected chi connectivity index (χ2v) is 15.6. The number of hydrogen-bond donors (Lipinski definition) is 5. The molecule has 0 bridgehead atoms. The molecule has 41 heavy (non-hydrogen) atoms. The topological polar surface area (TPSA) is 241 Å². The Morgan fingerprint density at radius 1 is 1.20 bits per heavy atom. The molecule has 5 unspecified atom stereocenters. The maximum Gasteiger partial charge on any atom is 0.486 e. The Kier molecular flexibility index (Phi) is 9.95. The molecule has 2 saturated heterocycles. The first-order chi connectivity index (χ1) is 18.6. The van der Waals surface area contributed by atoms with Gasteiger partial charge >= 0.3 is 34.9 Å². The fourth-order valence-electron chi connectivity index (χ4n) is 3.97. The van der Waals surface area contributed by atoms with Crippen LogP contribution in [0.4, 0.5) is 13.2 Å². The van der Waals surface area contributed by atoms with Crippen LogP contribution in [0.3, 0.4) is 0 Å². The normalized spacial score (nSPS) is 34.8. The summed E-state index contributed by atoms with van der Waals surface area (Å²) in [5.74, 6) is -5.19. The van der Waals surface area contributed by atoms with Gasteiger partial charge in [0.25, 0.3) is 5.56 Å². The van der Waals surface area contributed by atoms with Crippen molar-refractivity contribution in [3.05, 3.63) is 44.2 Å². The Balaban J connectivity index is 1.84. The number of carbonyl (C=O) groups excluding carboxylic acids is 1. The number of nitrogens with one attached hydrogen (secondary N) is 1. The number of ketones is 1. The second kappa shape index (κ2) is 12.1. The van der Waals surface area contributed by atoms with Crippen LogP contribution in [0.1, 0.15) is 32.1 Å². The molecule has 0 amide bonds. The summed E-state index contributed by atoms with van der Waals surface area (Å²) in [5.41, 5.74) is -2.20. The van der Waals surface area contributed by atoms with Crippen LogP contribution in [0.15, 0.2) is 27.4 Å². The van der Waals surface area contributed by atoms with E-state index in [9.17, 15) is 61.2 Å². The number of carbonyl (C=O) groups is 1. The van der Waals surface area contributed by atoms with E-state index in [-0.39, 0.29) is 6.42 Å². The van der Waals surface area contributed by atoms with Gasteiger partial charge in [0.2, 0.25) is 5.78 Å². The number of aliphatic hydroxyl groups excluding tert-OH is 2. The molecule has 0 saturated carbocycles. The predicted octanol–water partition coefficient (Wildman–Crippen LogP) is 1.30. The van der Waals surface area contributed by atoms with Crippen LogP contribution in [-0.2, 0) is 42.8 Å². The Labute approximate surface area is 228 Å². The zero-order valence-electron chi connectivity index (χ0n) is 21.2. The predicted molar refractivity (Wildman–Crippen MR) is 130 cm³/mol. The first-order valence-corrected chi connectivity index (χ1v) is 16.5. The van der Waals surface area contributed by atoms with Crippen LogP contribution in [0.5, 0.6) is 0 Å². The van der Waals surface area contributed by atoms with E-state index in [1.165, 1.54) is 6.08 Å². The fourth-order valence-corrected chi connectivity index (χ4v) is 10.9. The molecule has 2 aliphatic rings. The Hall–Kier alpha value is -1.75. The number of phosphoric acid groups is 1. The summed E-state index contributed by atoms with van der Waals surface area (Å²) < 4.78 is 94.5. The summed E-state index contributed by atoms with van der Waals surface area (Å²) in [7, 11) is -15.0. The third-order valence-electron chi connectivity index (χ3n) is 5.83. The lowest BCUT2D eigenvalue weighted by Gasteiger charge is -2.28. The number of aromatic amines is 1. The van der Waals surface area contributed by atoms with Crippen molar-refractivity contribution in [2.75, 3.05) is 12.5 Å². The number of H-pyrrole nitrogens is 1. The van der Waals surface area contributed by atoms with Gasteiger partial charge in [-0.1, -0.05) is 11.6 Å². The van der Waals surface area contributed by atoms with Crippen molar-refractivity contribution in [3.63, 3.8) is 0 Å². The molecule has 2 aliphatic heterocycles. The van der Waals surface area contributed by atoms with E-state index in [0.717, 1.165) is 6.20 Å². The van der Waals surface area contributed by atoms with E-state index < -0.39 is 101 Å². The lowest BCUT2D eigenvalue weighted by atomic mass is 9.92. The van der Waals surface area contributed by atoms with Gasteiger partial charge in [0.15, 0.2) is 12.1 Å². The smallest absolute Gasteiger partial charge is 0.387 e. The number of aliphatic hydroxyl groups is 2. The van der Waals surface area contributed by atoms with Gasteiger partial charge in [0, 0.05) is 17.7 Å². The van der Waals surface area contributed by atoms with E-state index >= 15 is 0 Å². The molecule has 3 rings (SSSR count). The maximum absolute atomic E-state index is 13.2. The fraction of sp³-hybridized carbons (Fsp3) is 0.632. The molecular weight excluding hydrogens is 630 g/mol. The molecule has 1 aromatic heterocycles. The van der Waals surface area contributed by atoms with Gasteiger partial charge in [-0.25, -0.2) is 18.0 Å². The van der Waals surface area contributed by atoms with E-state index in [1.54, 1.807) is 13.8 Å². The zero-order chi connectivity index (χ0) is 31.1. The van der Waals surface area contributed by atoms with Gasteiger partial charge in [0.05, 0.1) is 6.61 Å². The Morgan fingerprint density at radius 2 is 1.83 bits per heavy atom. The number of aromatic nitrogens is 2. The SMILES string of the molecule is CC(C)=CCC(Cc1cn([C@@H]2O[C@H](COP3(=O)CP(=O)(O)OP(=O)(O)O3)C(O)[C@@H]2O)c(=O)[nH]c1=O)C(=O)C(F)(F)F. The lowest BCUT2D eigenvalue weighted by Crippen LogP contribution is -2.40. The highest BCUT2D eigenvalue weighted by Crippen LogP contribution is 2.78. The van der Waals surface area contributed by atoms with Gasteiger partial charge in [-0.05, 0) is 26.7 Å². The second-order valence-electron chi connectivity index (χ2n) is 9.46. The van der Waals surface area contributed by atoms with Crippen molar-refractivity contribution in [3.8, 4) is 0 Å². The monoisotopic (exact) mass is 656 g/mol. The number of alkyl halides is 3. The number of nitrogens with zero attached hydrogens (tertiary/aromatic N) is 1. The molecule has 16 nitrogen and oxygen atoms in total. The van der Waals surface area contributed by atoms with Crippen LogP contribution in [0, 0.1) is 5.92 Å². The van der Waals surface area contributed by atoms with Crippen molar-refractivity contribution in [1.82, 2.24) is 9.55 Å². The number of Topliss-reactive ketones (excluding diaryl/α,β-unsaturated/α-hetero) is 1. The molecule has 232 valence electrons. The average molecular weight is 656 g/mol. The van der Waals surface area contributed by atoms with Crippen molar-refractivity contribution < 1.29 is 69.5 Å². The Morgan fingerprint density at radius 3 is 2.39 bits per heavy atom. The minimum atomic E-state index is -5.27. The summed E-state index contributed by atoms with van der Waals surface area (Å²) in [5, 5.41) is 20.8. The van der Waals surface area contributed by atoms with Crippen molar-refractivity contribution in [2.45, 2.75) is 57.4 Å². The first-order valence-electron chi connectivity index (χ1n) is 11.5. The number of rotatable bonds is 9. The van der Waals surface area contributed by atoms with Crippen LogP contribution in [0.2, 0.25) is 0 Å². The highest BCUT2D eigenvalue weighted by atomic mass is 31.3. The molecule has 3 heterocycles. The molecule has 8 atom stereocenters. The van der Waals surface area contributed by atoms with E-state index in [1.807, 2.05) is 4.98 Å². The van der Waals surface area contributed by atoms with Gasteiger partial charge in [-0.2, -0.15) is 13.2 Å². The van der Waals surface area contributed by atoms with Crippen LogP contribution >= 0.6 is 23.0 Å². The minimum Gasteiger partial charge on any atom is -0.387 e. The highest BCUT2D eigenvalue weighted by Gasteiger charge is 2.53. The molecule has 2 fully saturated rings. The maximum atomic E-state index is 13.2. The zero-order valence-corrected chi connectivity index (χ0v) is 23.8. The first kappa shape index (κ1) is 33.7. The molecule has 0 radical (unpaired) electrons. The summed E-state index contributed by atoms with van der Waals surface area (Å²) in [6, 6.07) is 0. The third kappa shape index (κ3) is 8.42. The van der Waals surface area contributed by atoms with Gasteiger partial charge in [0.1, 0.15) is 18.3 Å². The van der Waals surface area contributed by atoms with Crippen molar-refractivity contribution in [2.24, 2.45) is 5.92 Å². The van der Waals surface area contributed by atoms with E-state index in [4.69, 9.17) is 9.26 Å². The molecule has 1 aromatic rings. The van der Waals surface area contributed by atoms with Gasteiger partial charge in [-0.3, -0.25) is 28.3 Å². The third-order valence-corrected chi connectivity index (χ3v) is 12.9. The van der Waals surface area contributed by atoms with E-state index in [2.05, 4.69) is 8.62 Å². The average Bonchev–Trinajstić information content (AvgIpc) is 3.06. The highest BCUT2D eigenvalue weighted by molar-refractivity contribution is 7.81. The Bertz CT molecular complexity index is 1440. The number of allylic oxidation sites excluding steroid dienone is 2. The van der Waals surface area contributed by atoms with Gasteiger partial charge in [-0.15, -0.1) is 0 Å². The number of hydrogen-bond acceptors (Lipinski definition) is 12. The molecular formula is C19H26F3N2O14P3. The summed E-state index contributed by atoms with van der Waals surface area (Å²) in [6.45, 7) is 2.19. The molecule has 22 heteroatoms. The molecule has 0 aliphatic carbocycles. The summed E-state index contributed by atoms with van der Waals surface area (Å²) in [6.07, 6.45) is -11.6. The van der Waals surface area contributed by atoms with Crippen molar-refractivity contribution >= 4 is 28.8 Å². The molecule has 0 aromatic carbocycles. The van der Waals surface area contributed by atoms with Gasteiger partial charge < -0.3 is 29.3 Å². The number of halogens is 3. The molecule has 5 N–H and O–H groups in total. The number of ether oxygens (including phenoxy) is 1. The van der Waals surface area contributed by atoms with Crippen molar-refractivity contribution in [1.29, 1.82) is 0 Å². The summed E-state index contributed by atoms with van der Waals surface area (Å²) >= 11 is 0. The largest absolute Gasteiger partial charge is 0.486 e. The summed E-state index contributed by atoms with van der Waals surface area (Å²) in [4.78, 5) is 57.6. The van der Waals surface area contributed by atoms with Crippen LogP contribution in [-0.4, -0.2) is 72.3 Å². The lowest BCUT2D eigenvalue weighted by molar-refractivity contribution is -0.175. The quantitative estimate of drug-likeness (QED) is 0.186. The van der Waals surface area contributed by atoms with E-state index in [0.29, 0.717) is 10.1 Å². The van der Waals surface area contributed by atoms with Crippen LogP contribution < -0.4 is 11.2 Å². The standard InChI is InChI=1S/C19H26F3N2O14P3/c1-9(2)3-4-10(15(27)19(20,21)22)5-11-6-24(18(29)23-16(11)28)17-14(26)13(25)12(36-17)7-35-40(32)8-39(30,31)37-41(33,34)38-40/h3,6,10,12-14,17,25-26H,4-5,7-8H2,1-2H3,(H,30,31)(H,33,34)(H,23,28,29)/t10?,12-,13?,14+,17-,40?/m1/s1. The van der Waals surface area contributed by atoms with Crippen LogP contribution in [0.25, 0.3) is 0 Å². The minimum absolute atomic E-state index is 0.380. The molecule has 0 spiro atoms.